The van der Waals surface area contributed by atoms with Crippen molar-refractivity contribution in [3.63, 3.8) is 0 Å². The maximum Gasteiger partial charge on any atom is 0.0710 e. The van der Waals surface area contributed by atoms with E-state index < -0.39 is 0 Å². The zero-order valence-corrected chi connectivity index (χ0v) is 13.0. The molecule has 1 aliphatic carbocycles. The van der Waals surface area contributed by atoms with Crippen molar-refractivity contribution in [3.05, 3.63) is 0 Å². The Balaban J connectivity index is 1.53. The van der Waals surface area contributed by atoms with Crippen LogP contribution in [0.2, 0.25) is 0 Å². The largest absolute Gasteiger partial charge is 0.370 e. The summed E-state index contributed by atoms with van der Waals surface area (Å²) in [5.41, 5.74) is 6.21. The Morgan fingerprint density at radius 3 is 2.70 bits per heavy atom. The summed E-state index contributed by atoms with van der Waals surface area (Å²) in [7, 11) is 2.20. The van der Waals surface area contributed by atoms with E-state index in [2.05, 4.69) is 16.8 Å². The summed E-state index contributed by atoms with van der Waals surface area (Å²) in [6, 6.07) is 0.514. The average molecular weight is 281 g/mol. The molecule has 3 fully saturated rings. The molecular formula is C16H31N3O. The summed E-state index contributed by atoms with van der Waals surface area (Å²) >= 11 is 0. The van der Waals surface area contributed by atoms with Crippen molar-refractivity contribution < 1.29 is 4.74 Å². The van der Waals surface area contributed by atoms with Gasteiger partial charge < -0.3 is 15.4 Å². The third-order valence-corrected chi connectivity index (χ3v) is 5.62. The van der Waals surface area contributed by atoms with Crippen LogP contribution in [-0.2, 0) is 4.74 Å². The molecule has 2 aliphatic heterocycles. The molecule has 3 aliphatic rings. The van der Waals surface area contributed by atoms with Gasteiger partial charge in [0.25, 0.3) is 0 Å². The van der Waals surface area contributed by atoms with E-state index >= 15 is 0 Å². The molecule has 3 rings (SSSR count). The van der Waals surface area contributed by atoms with Gasteiger partial charge in [0.1, 0.15) is 0 Å². The fourth-order valence-corrected chi connectivity index (χ4v) is 4.36. The van der Waals surface area contributed by atoms with Crippen LogP contribution in [0.4, 0.5) is 0 Å². The molecule has 4 nitrogen and oxygen atoms in total. The number of nitrogens with zero attached hydrogens (tertiary/aromatic N) is 2. The average Bonchev–Trinajstić information content (AvgIpc) is 2.84. The molecule has 0 amide bonds. The fourth-order valence-electron chi connectivity index (χ4n) is 4.36. The number of piperazine rings is 1. The van der Waals surface area contributed by atoms with Gasteiger partial charge in [-0.3, -0.25) is 4.90 Å². The van der Waals surface area contributed by atoms with E-state index in [4.69, 9.17) is 10.5 Å². The first-order chi connectivity index (χ1) is 9.71. The van der Waals surface area contributed by atoms with Crippen molar-refractivity contribution in [3.8, 4) is 0 Å². The van der Waals surface area contributed by atoms with Crippen molar-refractivity contribution >= 4 is 0 Å². The van der Waals surface area contributed by atoms with E-state index in [1.165, 1.54) is 44.9 Å². The molecule has 4 heteroatoms. The molecule has 0 radical (unpaired) electrons. The van der Waals surface area contributed by atoms with Crippen LogP contribution in [0.25, 0.3) is 0 Å². The molecule has 2 atom stereocenters. The lowest BCUT2D eigenvalue weighted by Crippen LogP contribution is -2.56. The van der Waals surface area contributed by atoms with E-state index in [1.54, 1.807) is 0 Å². The van der Waals surface area contributed by atoms with Crippen LogP contribution in [0.3, 0.4) is 0 Å². The number of ether oxygens (including phenoxy) is 1. The second-order valence-corrected chi connectivity index (χ2v) is 7.17. The highest BCUT2D eigenvalue weighted by atomic mass is 16.5. The molecule has 2 N–H and O–H groups in total. The molecule has 0 aromatic rings. The molecule has 1 spiro atoms. The van der Waals surface area contributed by atoms with Crippen molar-refractivity contribution in [2.75, 3.05) is 39.8 Å². The van der Waals surface area contributed by atoms with Crippen molar-refractivity contribution in [1.29, 1.82) is 0 Å². The second-order valence-electron chi connectivity index (χ2n) is 7.17. The van der Waals surface area contributed by atoms with Crippen LogP contribution >= 0.6 is 0 Å². The van der Waals surface area contributed by atoms with Gasteiger partial charge in [-0.15, -0.1) is 0 Å². The number of rotatable bonds is 3. The first-order valence-corrected chi connectivity index (χ1v) is 8.51. The Hall–Kier alpha value is -0.160. The molecule has 20 heavy (non-hydrogen) atoms. The van der Waals surface area contributed by atoms with E-state index in [-0.39, 0.29) is 5.60 Å². The van der Waals surface area contributed by atoms with Crippen LogP contribution in [0, 0.1) is 0 Å². The summed E-state index contributed by atoms with van der Waals surface area (Å²) in [6.07, 6.45) is 9.73. The van der Waals surface area contributed by atoms with Crippen LogP contribution in [-0.4, -0.2) is 67.3 Å². The van der Waals surface area contributed by atoms with Gasteiger partial charge in [0.05, 0.1) is 11.7 Å². The Labute approximate surface area is 123 Å². The van der Waals surface area contributed by atoms with Gasteiger partial charge in [0, 0.05) is 38.8 Å². The quantitative estimate of drug-likeness (QED) is 0.850. The van der Waals surface area contributed by atoms with Crippen LogP contribution in [0.1, 0.15) is 44.9 Å². The lowest BCUT2D eigenvalue weighted by atomic mass is 9.83. The van der Waals surface area contributed by atoms with Crippen LogP contribution in [0.5, 0.6) is 0 Å². The smallest absolute Gasteiger partial charge is 0.0710 e. The van der Waals surface area contributed by atoms with E-state index in [0.717, 1.165) is 32.7 Å². The maximum absolute atomic E-state index is 6.52. The molecule has 0 aromatic carbocycles. The van der Waals surface area contributed by atoms with Gasteiger partial charge in [-0.1, -0.05) is 19.3 Å². The zero-order chi connectivity index (χ0) is 14.0. The Kier molecular flexibility index (Phi) is 4.65. The van der Waals surface area contributed by atoms with Crippen LogP contribution in [0.15, 0.2) is 0 Å². The Morgan fingerprint density at radius 2 is 1.95 bits per heavy atom. The summed E-state index contributed by atoms with van der Waals surface area (Å²) in [5, 5.41) is 0. The highest BCUT2D eigenvalue weighted by Gasteiger charge is 2.41. The lowest BCUT2D eigenvalue weighted by molar-refractivity contribution is -0.0782. The van der Waals surface area contributed by atoms with Gasteiger partial charge >= 0.3 is 0 Å². The highest BCUT2D eigenvalue weighted by Crippen LogP contribution is 2.42. The van der Waals surface area contributed by atoms with Gasteiger partial charge in [-0.05, 0) is 32.7 Å². The monoisotopic (exact) mass is 281 g/mol. The predicted molar refractivity (Wildman–Crippen MR) is 81.8 cm³/mol. The summed E-state index contributed by atoms with van der Waals surface area (Å²) in [5.74, 6) is 0. The normalized spacial score (nSPS) is 35.7. The molecule has 2 heterocycles. The van der Waals surface area contributed by atoms with Crippen molar-refractivity contribution in [2.24, 2.45) is 5.73 Å². The molecule has 2 unspecified atom stereocenters. The van der Waals surface area contributed by atoms with Gasteiger partial charge in [-0.25, -0.2) is 0 Å². The summed E-state index contributed by atoms with van der Waals surface area (Å²) in [6.45, 7) is 5.27. The zero-order valence-electron chi connectivity index (χ0n) is 13.0. The van der Waals surface area contributed by atoms with E-state index in [1.807, 2.05) is 0 Å². The first kappa shape index (κ1) is 14.8. The highest BCUT2D eigenvalue weighted by molar-refractivity contribution is 4.93. The third-order valence-electron chi connectivity index (χ3n) is 5.62. The number of nitrogens with two attached hydrogens (primary N) is 1. The molecule has 0 aromatic heterocycles. The van der Waals surface area contributed by atoms with Crippen molar-refractivity contribution in [2.45, 2.75) is 62.7 Å². The maximum atomic E-state index is 6.52. The first-order valence-electron chi connectivity index (χ1n) is 8.51. The minimum Gasteiger partial charge on any atom is -0.370 e. The standard InChI is InChI=1S/C16H31N3O/c1-18-9-10-19(14(11-17)12-18)13-15-5-8-16(20-15)6-3-2-4-7-16/h14-15H,2-13,17H2,1H3. The minimum absolute atomic E-state index is 0.258. The predicted octanol–water partition coefficient (Wildman–Crippen LogP) is 1.44. The second kappa shape index (κ2) is 6.30. The van der Waals surface area contributed by atoms with Gasteiger partial charge in [0.15, 0.2) is 0 Å². The fraction of sp³-hybridized carbons (Fsp3) is 1.00. The number of likely N-dealkylation sites (N-methyl/N-ethyl adjacent to an activating group) is 1. The summed E-state index contributed by atoms with van der Waals surface area (Å²) < 4.78 is 6.52. The molecular weight excluding hydrogens is 250 g/mol. The Bertz CT molecular complexity index is 317. The van der Waals surface area contributed by atoms with Gasteiger partial charge in [0.2, 0.25) is 0 Å². The number of hydrogen-bond acceptors (Lipinski definition) is 4. The van der Waals surface area contributed by atoms with Crippen molar-refractivity contribution in [1.82, 2.24) is 9.80 Å². The van der Waals surface area contributed by atoms with Gasteiger partial charge in [-0.2, -0.15) is 0 Å². The minimum atomic E-state index is 0.258. The topological polar surface area (TPSA) is 41.7 Å². The molecule has 0 bridgehead atoms. The van der Waals surface area contributed by atoms with E-state index in [0.29, 0.717) is 12.1 Å². The van der Waals surface area contributed by atoms with Crippen LogP contribution < -0.4 is 5.73 Å². The lowest BCUT2D eigenvalue weighted by Gasteiger charge is -2.41. The Morgan fingerprint density at radius 1 is 1.15 bits per heavy atom. The molecule has 116 valence electrons. The summed E-state index contributed by atoms with van der Waals surface area (Å²) in [4.78, 5) is 4.97. The molecule has 2 saturated heterocycles. The SMILES string of the molecule is CN1CCN(CC2CCC3(CCCCC3)O2)C(CN)C1. The van der Waals surface area contributed by atoms with E-state index in [9.17, 15) is 0 Å². The molecule has 1 saturated carbocycles. The number of hydrogen-bond donors (Lipinski definition) is 1. The third kappa shape index (κ3) is 3.19.